The third kappa shape index (κ3) is 3.44. The molecule has 24 heavy (non-hydrogen) atoms. The summed E-state index contributed by atoms with van der Waals surface area (Å²) in [7, 11) is 0. The number of phenolic OH excluding ortho intramolecular Hbond substituents is 1. The molecule has 0 spiro atoms. The Morgan fingerprint density at radius 2 is 1.75 bits per heavy atom. The van der Waals surface area contributed by atoms with Crippen molar-refractivity contribution < 1.29 is 5.11 Å². The number of hydrogen-bond acceptors (Lipinski definition) is 6. The van der Waals surface area contributed by atoms with E-state index in [4.69, 9.17) is 16.9 Å². The SMILES string of the molecule is N=C1C=C(N)/C(=N/c2ccc(N)cc2)C=C1Nc1cccc(O)c1. The molecular weight excluding hydrogens is 302 g/mol. The van der Waals surface area contributed by atoms with E-state index in [-0.39, 0.29) is 11.5 Å². The Hall–Kier alpha value is -3.54. The van der Waals surface area contributed by atoms with Gasteiger partial charge in [0.25, 0.3) is 0 Å². The Morgan fingerprint density at radius 1 is 1.00 bits per heavy atom. The Balaban J connectivity index is 1.91. The molecule has 6 heteroatoms. The summed E-state index contributed by atoms with van der Waals surface area (Å²) in [6.45, 7) is 0. The number of nitrogens with zero attached hydrogens (tertiary/aromatic N) is 1. The largest absolute Gasteiger partial charge is 0.508 e. The number of anilines is 2. The molecule has 6 nitrogen and oxygen atoms in total. The molecule has 0 unspecified atom stereocenters. The Kier molecular flexibility index (Phi) is 4.03. The van der Waals surface area contributed by atoms with E-state index in [9.17, 15) is 5.11 Å². The lowest BCUT2D eigenvalue weighted by molar-refractivity contribution is 0.475. The third-order valence-electron chi connectivity index (χ3n) is 3.43. The Morgan fingerprint density at radius 3 is 2.46 bits per heavy atom. The molecule has 0 fully saturated rings. The van der Waals surface area contributed by atoms with Crippen molar-refractivity contribution in [3.8, 4) is 5.75 Å². The van der Waals surface area contributed by atoms with Crippen LogP contribution in [0.5, 0.6) is 5.75 Å². The van der Waals surface area contributed by atoms with Crippen LogP contribution in [0.3, 0.4) is 0 Å². The zero-order chi connectivity index (χ0) is 17.1. The fourth-order valence-electron chi connectivity index (χ4n) is 2.23. The highest BCUT2D eigenvalue weighted by Gasteiger charge is 2.14. The molecule has 120 valence electrons. The Labute approximate surface area is 139 Å². The summed E-state index contributed by atoms with van der Waals surface area (Å²) in [4.78, 5) is 4.49. The van der Waals surface area contributed by atoms with Gasteiger partial charge in [0.2, 0.25) is 0 Å². The van der Waals surface area contributed by atoms with Gasteiger partial charge in [-0.1, -0.05) is 6.07 Å². The summed E-state index contributed by atoms with van der Waals surface area (Å²) in [6, 6.07) is 13.8. The molecule has 0 bridgehead atoms. The predicted octanol–water partition coefficient (Wildman–Crippen LogP) is 2.92. The van der Waals surface area contributed by atoms with Gasteiger partial charge in [0.15, 0.2) is 0 Å². The van der Waals surface area contributed by atoms with E-state index < -0.39 is 0 Å². The van der Waals surface area contributed by atoms with Gasteiger partial charge in [-0.3, -0.25) is 5.41 Å². The van der Waals surface area contributed by atoms with Gasteiger partial charge in [-0.25, -0.2) is 4.99 Å². The van der Waals surface area contributed by atoms with Crippen molar-refractivity contribution in [3.05, 3.63) is 72.1 Å². The van der Waals surface area contributed by atoms with Gasteiger partial charge in [0.1, 0.15) is 5.75 Å². The number of nitrogens with two attached hydrogens (primary N) is 2. The lowest BCUT2D eigenvalue weighted by atomic mass is 10.0. The summed E-state index contributed by atoms with van der Waals surface area (Å²) in [5.74, 6) is 0.147. The molecule has 0 radical (unpaired) electrons. The topological polar surface area (TPSA) is 121 Å². The standard InChI is InChI=1S/C18H17N5O/c19-11-4-6-12(7-5-11)22-17-10-18(16(21)9-15(17)20)23-13-2-1-3-14(24)8-13/h1-10,21,23-24H,19-20H2/b21-16?,22-17+. The fourth-order valence-corrected chi connectivity index (χ4v) is 2.23. The summed E-state index contributed by atoms with van der Waals surface area (Å²) >= 11 is 0. The second-order valence-electron chi connectivity index (χ2n) is 5.34. The maximum atomic E-state index is 9.54. The van der Waals surface area contributed by atoms with E-state index in [1.807, 2.05) is 0 Å². The maximum absolute atomic E-state index is 9.54. The number of benzene rings is 2. The van der Waals surface area contributed by atoms with Gasteiger partial charge in [0.05, 0.1) is 28.5 Å². The molecule has 0 aliphatic heterocycles. The van der Waals surface area contributed by atoms with Crippen molar-refractivity contribution in [2.45, 2.75) is 0 Å². The first kappa shape index (κ1) is 15.4. The number of nitrogen functional groups attached to an aromatic ring is 1. The molecule has 0 atom stereocenters. The number of rotatable bonds is 3. The van der Waals surface area contributed by atoms with Crippen LogP contribution in [-0.2, 0) is 0 Å². The van der Waals surface area contributed by atoms with Crippen molar-refractivity contribution in [2.24, 2.45) is 10.7 Å². The van der Waals surface area contributed by atoms with Crippen molar-refractivity contribution in [2.75, 3.05) is 11.1 Å². The van der Waals surface area contributed by atoms with Gasteiger partial charge in [0, 0.05) is 17.4 Å². The second kappa shape index (κ2) is 6.29. The average Bonchev–Trinajstić information content (AvgIpc) is 2.54. The number of aromatic hydroxyl groups is 1. The summed E-state index contributed by atoms with van der Waals surface area (Å²) in [6.07, 6.45) is 3.25. The van der Waals surface area contributed by atoms with E-state index in [0.717, 1.165) is 5.69 Å². The number of allylic oxidation sites excluding steroid dienone is 2. The van der Waals surface area contributed by atoms with E-state index in [1.165, 1.54) is 0 Å². The molecule has 0 amide bonds. The van der Waals surface area contributed by atoms with E-state index in [1.54, 1.807) is 60.7 Å². The maximum Gasteiger partial charge on any atom is 0.117 e. The minimum atomic E-state index is 0.147. The van der Waals surface area contributed by atoms with E-state index in [2.05, 4.69) is 10.3 Å². The van der Waals surface area contributed by atoms with E-state index >= 15 is 0 Å². The molecule has 0 heterocycles. The minimum absolute atomic E-state index is 0.147. The molecule has 7 N–H and O–H groups in total. The van der Waals surface area contributed by atoms with Crippen LogP contribution < -0.4 is 16.8 Å². The predicted molar refractivity (Wildman–Crippen MR) is 97.8 cm³/mol. The van der Waals surface area contributed by atoms with Gasteiger partial charge in [-0.15, -0.1) is 0 Å². The Bertz CT molecular complexity index is 879. The van der Waals surface area contributed by atoms with Crippen LogP contribution in [0.1, 0.15) is 0 Å². The van der Waals surface area contributed by atoms with Gasteiger partial charge in [-0.2, -0.15) is 0 Å². The highest BCUT2D eigenvalue weighted by atomic mass is 16.3. The number of aliphatic imine (C=N–C) groups is 1. The van der Waals surface area contributed by atoms with Crippen LogP contribution in [-0.4, -0.2) is 16.5 Å². The second-order valence-corrected chi connectivity index (χ2v) is 5.34. The molecule has 0 saturated carbocycles. The minimum Gasteiger partial charge on any atom is -0.508 e. The van der Waals surface area contributed by atoms with Crippen LogP contribution in [0.4, 0.5) is 17.1 Å². The van der Waals surface area contributed by atoms with Crippen LogP contribution in [0.2, 0.25) is 0 Å². The molecule has 1 aliphatic carbocycles. The summed E-state index contributed by atoms with van der Waals surface area (Å²) in [5.41, 5.74) is 15.5. The van der Waals surface area contributed by atoms with Crippen LogP contribution in [0.25, 0.3) is 0 Å². The molecule has 2 aromatic carbocycles. The first-order chi connectivity index (χ1) is 11.5. The van der Waals surface area contributed by atoms with Crippen molar-refractivity contribution in [1.29, 1.82) is 5.41 Å². The zero-order valence-electron chi connectivity index (χ0n) is 12.8. The first-order valence-electron chi connectivity index (χ1n) is 7.30. The number of nitrogens with one attached hydrogen (secondary N) is 2. The summed E-state index contributed by atoms with van der Waals surface area (Å²) < 4.78 is 0. The third-order valence-corrected chi connectivity index (χ3v) is 3.43. The normalized spacial score (nSPS) is 15.8. The van der Waals surface area contributed by atoms with Gasteiger partial charge >= 0.3 is 0 Å². The molecule has 3 rings (SSSR count). The average molecular weight is 319 g/mol. The van der Waals surface area contributed by atoms with Gasteiger partial charge < -0.3 is 21.9 Å². The quantitative estimate of drug-likeness (QED) is 0.441. The van der Waals surface area contributed by atoms with Gasteiger partial charge in [-0.05, 0) is 48.6 Å². The van der Waals surface area contributed by atoms with Crippen molar-refractivity contribution >= 4 is 28.5 Å². The molecule has 0 aromatic heterocycles. The van der Waals surface area contributed by atoms with Crippen LogP contribution >= 0.6 is 0 Å². The number of hydrogen-bond donors (Lipinski definition) is 5. The smallest absolute Gasteiger partial charge is 0.117 e. The first-order valence-corrected chi connectivity index (χ1v) is 7.30. The lowest BCUT2D eigenvalue weighted by Crippen LogP contribution is -2.21. The fraction of sp³-hybridized carbons (Fsp3) is 0. The molecule has 0 saturated heterocycles. The monoisotopic (exact) mass is 319 g/mol. The lowest BCUT2D eigenvalue weighted by Gasteiger charge is -2.16. The highest BCUT2D eigenvalue weighted by Crippen LogP contribution is 2.21. The molecule has 2 aromatic rings. The highest BCUT2D eigenvalue weighted by molar-refractivity contribution is 6.23. The van der Waals surface area contributed by atoms with E-state index in [0.29, 0.717) is 28.5 Å². The number of phenols is 1. The molecule has 1 aliphatic rings. The summed E-state index contributed by atoms with van der Waals surface area (Å²) in [5, 5.41) is 20.7. The van der Waals surface area contributed by atoms with Crippen LogP contribution in [0, 0.1) is 5.41 Å². The van der Waals surface area contributed by atoms with Crippen LogP contribution in [0.15, 0.2) is 77.1 Å². The zero-order valence-corrected chi connectivity index (χ0v) is 12.8. The van der Waals surface area contributed by atoms with Crippen molar-refractivity contribution in [1.82, 2.24) is 0 Å². The molecular formula is C18H17N5O. The van der Waals surface area contributed by atoms with Crippen molar-refractivity contribution in [3.63, 3.8) is 0 Å².